The Balaban J connectivity index is 1.91. The number of aryl methyl sites for hydroxylation is 1. The molecule has 1 heterocycles. The highest BCUT2D eigenvalue weighted by Crippen LogP contribution is 2.16. The lowest BCUT2D eigenvalue weighted by atomic mass is 10.2. The summed E-state index contributed by atoms with van der Waals surface area (Å²) >= 11 is 5.96. The summed E-state index contributed by atoms with van der Waals surface area (Å²) in [6, 6.07) is 4.36. The largest absolute Gasteiger partial charge is 0.308 e. The van der Waals surface area contributed by atoms with E-state index < -0.39 is 0 Å². The molecule has 0 atom stereocenters. The molecule has 0 bridgehead atoms. The number of halogens is 2. The number of nitrogens with one attached hydrogen (secondary N) is 1. The van der Waals surface area contributed by atoms with E-state index in [1.54, 1.807) is 16.9 Å². The van der Waals surface area contributed by atoms with Crippen LogP contribution in [0.25, 0.3) is 0 Å². The highest BCUT2D eigenvalue weighted by atomic mass is 35.5. The van der Waals surface area contributed by atoms with E-state index in [9.17, 15) is 4.39 Å². The van der Waals surface area contributed by atoms with Gasteiger partial charge in [-0.25, -0.2) is 4.39 Å². The van der Waals surface area contributed by atoms with Crippen molar-refractivity contribution in [3.8, 4) is 0 Å². The molecule has 5 heteroatoms. The summed E-state index contributed by atoms with van der Waals surface area (Å²) in [4.78, 5) is 0. The van der Waals surface area contributed by atoms with Crippen molar-refractivity contribution < 1.29 is 4.39 Å². The molecule has 1 aromatic heterocycles. The zero-order chi connectivity index (χ0) is 12.3. The SMILES string of the molecule is Cn1cc(CNCc2cc(F)ccc2Cl)cn1. The number of hydrogen-bond donors (Lipinski definition) is 1. The lowest BCUT2D eigenvalue weighted by Crippen LogP contribution is -2.12. The molecule has 0 radical (unpaired) electrons. The molecule has 0 saturated carbocycles. The van der Waals surface area contributed by atoms with Crippen LogP contribution in [-0.4, -0.2) is 9.78 Å². The van der Waals surface area contributed by atoms with Gasteiger partial charge in [0.25, 0.3) is 0 Å². The molecule has 1 N–H and O–H groups in total. The van der Waals surface area contributed by atoms with Crippen molar-refractivity contribution in [3.05, 3.63) is 52.6 Å². The molecule has 2 aromatic rings. The number of nitrogens with zero attached hydrogens (tertiary/aromatic N) is 2. The van der Waals surface area contributed by atoms with Crippen molar-refractivity contribution in [1.82, 2.24) is 15.1 Å². The molecule has 3 nitrogen and oxygen atoms in total. The Morgan fingerprint density at radius 2 is 2.24 bits per heavy atom. The molecule has 0 aliphatic carbocycles. The van der Waals surface area contributed by atoms with Gasteiger partial charge in [-0.3, -0.25) is 4.68 Å². The van der Waals surface area contributed by atoms with E-state index in [-0.39, 0.29) is 5.82 Å². The standard InChI is InChI=1S/C12H13ClFN3/c1-17-8-9(6-16-17)5-15-7-10-4-11(14)2-3-12(10)13/h2-4,6,8,15H,5,7H2,1H3. The molecule has 0 spiro atoms. The van der Waals surface area contributed by atoms with E-state index in [2.05, 4.69) is 10.4 Å². The Bertz CT molecular complexity index is 510. The van der Waals surface area contributed by atoms with Crippen molar-refractivity contribution in [2.24, 2.45) is 7.05 Å². The number of rotatable bonds is 4. The van der Waals surface area contributed by atoms with Gasteiger partial charge < -0.3 is 5.32 Å². The second kappa shape index (κ2) is 5.29. The zero-order valence-electron chi connectivity index (χ0n) is 9.45. The summed E-state index contributed by atoms with van der Waals surface area (Å²) in [6.07, 6.45) is 3.72. The van der Waals surface area contributed by atoms with Crippen LogP contribution in [0.5, 0.6) is 0 Å². The molecule has 0 unspecified atom stereocenters. The van der Waals surface area contributed by atoms with Gasteiger partial charge in [0.1, 0.15) is 5.82 Å². The monoisotopic (exact) mass is 253 g/mol. The topological polar surface area (TPSA) is 29.9 Å². The maximum Gasteiger partial charge on any atom is 0.123 e. The first kappa shape index (κ1) is 12.1. The van der Waals surface area contributed by atoms with Crippen LogP contribution in [0, 0.1) is 5.82 Å². The first-order valence-corrected chi connectivity index (χ1v) is 5.65. The molecule has 17 heavy (non-hydrogen) atoms. The van der Waals surface area contributed by atoms with Crippen molar-refractivity contribution in [3.63, 3.8) is 0 Å². The van der Waals surface area contributed by atoms with Gasteiger partial charge in [0.15, 0.2) is 0 Å². The van der Waals surface area contributed by atoms with Crippen molar-refractivity contribution in [2.45, 2.75) is 13.1 Å². The predicted molar refractivity (Wildman–Crippen MR) is 65.2 cm³/mol. The lowest BCUT2D eigenvalue weighted by molar-refractivity contribution is 0.620. The second-order valence-electron chi connectivity index (χ2n) is 3.86. The Labute approximate surface area is 104 Å². The minimum atomic E-state index is -0.271. The van der Waals surface area contributed by atoms with E-state index in [1.807, 2.05) is 13.2 Å². The van der Waals surface area contributed by atoms with Gasteiger partial charge >= 0.3 is 0 Å². The Morgan fingerprint density at radius 3 is 2.94 bits per heavy atom. The highest BCUT2D eigenvalue weighted by Gasteiger charge is 2.02. The van der Waals surface area contributed by atoms with Crippen molar-refractivity contribution in [1.29, 1.82) is 0 Å². The molecule has 0 amide bonds. The molecule has 2 rings (SSSR count). The Hall–Kier alpha value is -1.39. The minimum Gasteiger partial charge on any atom is -0.308 e. The van der Waals surface area contributed by atoms with Gasteiger partial charge in [-0.05, 0) is 23.8 Å². The molecular weight excluding hydrogens is 241 g/mol. The molecule has 90 valence electrons. The predicted octanol–water partition coefficient (Wildman–Crippen LogP) is 2.50. The van der Waals surface area contributed by atoms with E-state index in [0.29, 0.717) is 18.1 Å². The van der Waals surface area contributed by atoms with Gasteiger partial charge in [-0.1, -0.05) is 11.6 Å². The highest BCUT2D eigenvalue weighted by molar-refractivity contribution is 6.31. The molecule has 0 fully saturated rings. The van der Waals surface area contributed by atoms with Crippen LogP contribution < -0.4 is 5.32 Å². The number of hydrogen-bond acceptors (Lipinski definition) is 2. The third kappa shape index (κ3) is 3.28. The Kier molecular flexibility index (Phi) is 3.76. The fraction of sp³-hybridized carbons (Fsp3) is 0.250. The minimum absolute atomic E-state index is 0.271. The maximum absolute atomic E-state index is 13.0. The van der Waals surface area contributed by atoms with Gasteiger partial charge in [0.2, 0.25) is 0 Å². The first-order valence-electron chi connectivity index (χ1n) is 5.27. The quantitative estimate of drug-likeness (QED) is 0.907. The molecular formula is C12H13ClFN3. The average Bonchev–Trinajstić information content (AvgIpc) is 2.69. The van der Waals surface area contributed by atoms with E-state index in [4.69, 9.17) is 11.6 Å². The van der Waals surface area contributed by atoms with Crippen LogP contribution in [0.15, 0.2) is 30.6 Å². The smallest absolute Gasteiger partial charge is 0.123 e. The normalized spacial score (nSPS) is 10.8. The molecule has 1 aromatic carbocycles. The fourth-order valence-corrected chi connectivity index (χ4v) is 1.77. The van der Waals surface area contributed by atoms with E-state index >= 15 is 0 Å². The fourth-order valence-electron chi connectivity index (χ4n) is 1.58. The number of aromatic nitrogens is 2. The summed E-state index contributed by atoms with van der Waals surface area (Å²) in [7, 11) is 1.87. The Morgan fingerprint density at radius 1 is 1.41 bits per heavy atom. The summed E-state index contributed by atoms with van der Waals surface area (Å²) in [5.41, 5.74) is 1.84. The van der Waals surface area contributed by atoms with Crippen LogP contribution in [-0.2, 0) is 20.1 Å². The van der Waals surface area contributed by atoms with Crippen LogP contribution in [0.3, 0.4) is 0 Å². The van der Waals surface area contributed by atoms with Crippen LogP contribution in [0.1, 0.15) is 11.1 Å². The molecule has 0 aliphatic heterocycles. The average molecular weight is 254 g/mol. The summed E-state index contributed by atoms with van der Waals surface area (Å²) in [5, 5.41) is 7.83. The van der Waals surface area contributed by atoms with Crippen molar-refractivity contribution in [2.75, 3.05) is 0 Å². The zero-order valence-corrected chi connectivity index (χ0v) is 10.2. The van der Waals surface area contributed by atoms with Crippen LogP contribution in [0.2, 0.25) is 5.02 Å². The van der Waals surface area contributed by atoms with Crippen molar-refractivity contribution >= 4 is 11.6 Å². The van der Waals surface area contributed by atoms with Gasteiger partial charge in [0.05, 0.1) is 6.20 Å². The summed E-state index contributed by atoms with van der Waals surface area (Å²) in [6.45, 7) is 1.21. The number of benzene rings is 1. The van der Waals surface area contributed by atoms with Crippen LogP contribution in [0.4, 0.5) is 4.39 Å². The van der Waals surface area contributed by atoms with E-state index in [1.165, 1.54) is 12.1 Å². The summed E-state index contributed by atoms with van der Waals surface area (Å²) < 4.78 is 14.7. The molecule has 0 aliphatic rings. The third-order valence-electron chi connectivity index (χ3n) is 2.41. The lowest BCUT2D eigenvalue weighted by Gasteiger charge is -2.05. The second-order valence-corrected chi connectivity index (χ2v) is 4.27. The van der Waals surface area contributed by atoms with Gasteiger partial charge in [-0.2, -0.15) is 5.10 Å². The maximum atomic E-state index is 13.0. The van der Waals surface area contributed by atoms with E-state index in [0.717, 1.165) is 11.1 Å². The summed E-state index contributed by atoms with van der Waals surface area (Å²) in [5.74, 6) is -0.271. The third-order valence-corrected chi connectivity index (χ3v) is 2.78. The van der Waals surface area contributed by atoms with Gasteiger partial charge in [-0.15, -0.1) is 0 Å². The first-order chi connectivity index (χ1) is 8.15. The van der Waals surface area contributed by atoms with Gasteiger partial charge in [0, 0.05) is 36.9 Å². The van der Waals surface area contributed by atoms with Crippen LogP contribution >= 0.6 is 11.6 Å². The molecule has 0 saturated heterocycles.